The monoisotopic (exact) mass is 419 g/mol. The first kappa shape index (κ1) is 21.1. The van der Waals surface area contributed by atoms with Crippen LogP contribution in [0.3, 0.4) is 0 Å². The summed E-state index contributed by atoms with van der Waals surface area (Å²) in [4.78, 5) is 28.2. The van der Waals surface area contributed by atoms with E-state index in [0.717, 1.165) is 5.56 Å². The number of carbonyl (C=O) groups is 2. The van der Waals surface area contributed by atoms with Crippen molar-refractivity contribution in [2.45, 2.75) is 13.5 Å². The van der Waals surface area contributed by atoms with Crippen LogP contribution in [-0.2, 0) is 11.3 Å². The maximum atomic E-state index is 13.2. The van der Waals surface area contributed by atoms with Crippen LogP contribution in [0.4, 0.5) is 14.9 Å². The quantitative estimate of drug-likeness (QED) is 0.795. The average molecular weight is 420 g/mol. The molecule has 1 aliphatic rings. The van der Waals surface area contributed by atoms with Gasteiger partial charge in [0, 0.05) is 49.0 Å². The van der Waals surface area contributed by atoms with E-state index in [2.05, 4.69) is 10.2 Å². The van der Waals surface area contributed by atoms with Gasteiger partial charge in [0.2, 0.25) is 0 Å². The number of halogens is 2. The molecule has 2 amide bonds. The minimum Gasteiger partial charge on any atom is -0.450 e. The topological polar surface area (TPSA) is 61.9 Å². The predicted molar refractivity (Wildman–Crippen MR) is 110 cm³/mol. The summed E-state index contributed by atoms with van der Waals surface area (Å²) in [6.07, 6.45) is -0.524. The highest BCUT2D eigenvalue weighted by molar-refractivity contribution is 6.31. The summed E-state index contributed by atoms with van der Waals surface area (Å²) in [6.45, 7) is 5.26. The lowest BCUT2D eigenvalue weighted by molar-refractivity contribution is 0.0628. The Morgan fingerprint density at radius 1 is 1.10 bits per heavy atom. The third-order valence-electron chi connectivity index (χ3n) is 4.72. The van der Waals surface area contributed by atoms with Crippen LogP contribution in [0.25, 0.3) is 0 Å². The van der Waals surface area contributed by atoms with Gasteiger partial charge in [-0.3, -0.25) is 15.0 Å². The number of amides is 2. The van der Waals surface area contributed by atoms with Gasteiger partial charge in [-0.15, -0.1) is 0 Å². The number of hydrogen-bond acceptors (Lipinski definition) is 4. The summed E-state index contributed by atoms with van der Waals surface area (Å²) in [5.74, 6) is -0.398. The van der Waals surface area contributed by atoms with E-state index in [4.69, 9.17) is 16.3 Å². The Bertz CT molecular complexity index is 868. The molecular weight excluding hydrogens is 397 g/mol. The first-order chi connectivity index (χ1) is 14.0. The molecule has 2 aromatic rings. The van der Waals surface area contributed by atoms with Crippen molar-refractivity contribution in [1.82, 2.24) is 9.80 Å². The average Bonchev–Trinajstić information content (AvgIpc) is 2.71. The van der Waals surface area contributed by atoms with Crippen molar-refractivity contribution in [3.8, 4) is 0 Å². The molecule has 1 N–H and O–H groups in total. The Morgan fingerprint density at radius 3 is 2.41 bits per heavy atom. The van der Waals surface area contributed by atoms with Gasteiger partial charge in [0.25, 0.3) is 5.91 Å². The van der Waals surface area contributed by atoms with Crippen molar-refractivity contribution in [2.75, 3.05) is 38.1 Å². The van der Waals surface area contributed by atoms with Crippen LogP contribution < -0.4 is 5.32 Å². The molecule has 154 valence electrons. The summed E-state index contributed by atoms with van der Waals surface area (Å²) in [5, 5.41) is 3.02. The summed E-state index contributed by atoms with van der Waals surface area (Å²) in [6, 6.07) is 11.1. The molecule has 0 atom stereocenters. The highest BCUT2D eigenvalue weighted by atomic mass is 35.5. The number of anilines is 1. The molecule has 0 aromatic heterocycles. The van der Waals surface area contributed by atoms with Gasteiger partial charge < -0.3 is 9.64 Å². The molecule has 8 heteroatoms. The third kappa shape index (κ3) is 5.68. The number of piperazine rings is 1. The van der Waals surface area contributed by atoms with Crippen molar-refractivity contribution < 1.29 is 18.7 Å². The Morgan fingerprint density at radius 2 is 1.79 bits per heavy atom. The van der Waals surface area contributed by atoms with Gasteiger partial charge in [0.05, 0.1) is 6.61 Å². The van der Waals surface area contributed by atoms with Crippen LogP contribution in [0, 0.1) is 5.82 Å². The van der Waals surface area contributed by atoms with Crippen LogP contribution in [0.1, 0.15) is 22.8 Å². The second kappa shape index (κ2) is 9.71. The summed E-state index contributed by atoms with van der Waals surface area (Å²) >= 11 is 6.10. The Hall–Kier alpha value is -2.64. The molecule has 1 heterocycles. The van der Waals surface area contributed by atoms with Gasteiger partial charge in [-0.2, -0.15) is 0 Å². The van der Waals surface area contributed by atoms with Gasteiger partial charge in [-0.05, 0) is 48.9 Å². The summed E-state index contributed by atoms with van der Waals surface area (Å²) < 4.78 is 18.0. The lowest BCUT2D eigenvalue weighted by Gasteiger charge is -2.35. The zero-order chi connectivity index (χ0) is 20.8. The number of carbonyl (C=O) groups excluding carboxylic acids is 2. The molecule has 0 unspecified atom stereocenters. The van der Waals surface area contributed by atoms with E-state index in [9.17, 15) is 14.0 Å². The van der Waals surface area contributed by atoms with Crippen molar-refractivity contribution in [1.29, 1.82) is 0 Å². The van der Waals surface area contributed by atoms with Crippen LogP contribution >= 0.6 is 11.6 Å². The third-order valence-corrected chi connectivity index (χ3v) is 5.07. The minimum absolute atomic E-state index is 0.0489. The molecule has 1 saturated heterocycles. The number of rotatable bonds is 5. The number of nitrogens with one attached hydrogen (secondary N) is 1. The highest BCUT2D eigenvalue weighted by Crippen LogP contribution is 2.20. The van der Waals surface area contributed by atoms with Crippen LogP contribution in [0.5, 0.6) is 0 Å². The summed E-state index contributed by atoms with van der Waals surface area (Å²) in [5.41, 5.74) is 2.01. The highest BCUT2D eigenvalue weighted by Gasteiger charge is 2.22. The fourth-order valence-electron chi connectivity index (χ4n) is 3.16. The fourth-order valence-corrected chi connectivity index (χ4v) is 3.39. The van der Waals surface area contributed by atoms with E-state index in [1.807, 2.05) is 0 Å². The first-order valence-corrected chi connectivity index (χ1v) is 9.83. The molecule has 0 bridgehead atoms. The fraction of sp³-hybridized carbons (Fsp3) is 0.333. The summed E-state index contributed by atoms with van der Waals surface area (Å²) in [7, 11) is 0. The largest absolute Gasteiger partial charge is 0.450 e. The van der Waals surface area contributed by atoms with Gasteiger partial charge in [0.1, 0.15) is 5.82 Å². The smallest absolute Gasteiger partial charge is 0.411 e. The molecule has 1 fully saturated rings. The van der Waals surface area contributed by atoms with E-state index in [1.165, 1.54) is 12.1 Å². The number of hydrogen-bond donors (Lipinski definition) is 1. The maximum Gasteiger partial charge on any atom is 0.411 e. The number of benzene rings is 2. The zero-order valence-corrected chi connectivity index (χ0v) is 16.9. The van der Waals surface area contributed by atoms with Crippen molar-refractivity contribution in [2.24, 2.45) is 0 Å². The van der Waals surface area contributed by atoms with Crippen molar-refractivity contribution in [3.05, 3.63) is 64.4 Å². The van der Waals surface area contributed by atoms with Gasteiger partial charge in [-0.1, -0.05) is 17.7 Å². The van der Waals surface area contributed by atoms with E-state index >= 15 is 0 Å². The first-order valence-electron chi connectivity index (χ1n) is 9.45. The standard InChI is InChI=1S/C21H23ClFN3O3/c1-2-29-21(28)24-18-7-4-15(5-8-18)20(27)26-11-9-25(10-12-26)14-16-3-6-17(23)13-19(16)22/h3-8,13H,2,9-12,14H2,1H3,(H,24,28). The van der Waals surface area contributed by atoms with Crippen LogP contribution in [0.15, 0.2) is 42.5 Å². The van der Waals surface area contributed by atoms with Crippen molar-refractivity contribution >= 4 is 29.3 Å². The molecule has 0 radical (unpaired) electrons. The molecule has 3 rings (SSSR count). The van der Waals surface area contributed by atoms with Crippen LogP contribution in [0.2, 0.25) is 5.02 Å². The van der Waals surface area contributed by atoms with E-state index in [-0.39, 0.29) is 11.7 Å². The molecule has 1 aliphatic heterocycles. The number of nitrogens with zero attached hydrogens (tertiary/aromatic N) is 2. The molecule has 0 saturated carbocycles. The maximum absolute atomic E-state index is 13.2. The normalized spacial score (nSPS) is 14.5. The Labute approximate surface area is 174 Å². The molecule has 0 spiro atoms. The zero-order valence-electron chi connectivity index (χ0n) is 16.2. The van der Waals surface area contributed by atoms with E-state index in [0.29, 0.717) is 55.6 Å². The molecular formula is C21H23ClFN3O3. The van der Waals surface area contributed by atoms with Crippen LogP contribution in [-0.4, -0.2) is 54.6 Å². The van der Waals surface area contributed by atoms with Gasteiger partial charge >= 0.3 is 6.09 Å². The second-order valence-corrected chi connectivity index (χ2v) is 7.13. The van der Waals surface area contributed by atoms with E-state index < -0.39 is 6.09 Å². The number of ether oxygens (including phenoxy) is 1. The molecule has 0 aliphatic carbocycles. The van der Waals surface area contributed by atoms with Gasteiger partial charge in [-0.25, -0.2) is 9.18 Å². The SMILES string of the molecule is CCOC(=O)Nc1ccc(C(=O)N2CCN(Cc3ccc(F)cc3Cl)CC2)cc1. The second-order valence-electron chi connectivity index (χ2n) is 6.73. The Balaban J connectivity index is 1.52. The van der Waals surface area contributed by atoms with Gasteiger partial charge in [0.15, 0.2) is 0 Å². The molecule has 6 nitrogen and oxygen atoms in total. The van der Waals surface area contributed by atoms with E-state index in [1.54, 1.807) is 42.2 Å². The van der Waals surface area contributed by atoms with Crippen molar-refractivity contribution in [3.63, 3.8) is 0 Å². The molecule has 29 heavy (non-hydrogen) atoms. The lowest BCUT2D eigenvalue weighted by atomic mass is 10.1. The molecule has 2 aromatic carbocycles. The lowest BCUT2D eigenvalue weighted by Crippen LogP contribution is -2.48. The predicted octanol–water partition coefficient (Wildman–Crippen LogP) is 4.01. The minimum atomic E-state index is -0.524. The Kier molecular flexibility index (Phi) is 7.06.